The van der Waals surface area contributed by atoms with E-state index in [1.807, 2.05) is 42.2 Å². The summed E-state index contributed by atoms with van der Waals surface area (Å²) in [7, 11) is 2.02. The van der Waals surface area contributed by atoms with Crippen molar-refractivity contribution < 1.29 is 14.3 Å². The molecule has 1 atom stereocenters. The lowest BCUT2D eigenvalue weighted by atomic mass is 9.98. The van der Waals surface area contributed by atoms with E-state index in [-0.39, 0.29) is 5.91 Å². The summed E-state index contributed by atoms with van der Waals surface area (Å²) in [6.45, 7) is 1.46. The number of fused-ring (bicyclic) bond motifs is 1. The molecule has 0 spiro atoms. The number of nitrogens with one attached hydrogen (secondary N) is 1. The summed E-state index contributed by atoms with van der Waals surface area (Å²) in [6, 6.07) is 12.8. The number of ether oxygens (including phenoxy) is 1. The number of thiazole rings is 1. The third-order valence-corrected chi connectivity index (χ3v) is 5.76. The molecule has 3 aromatic rings. The van der Waals surface area contributed by atoms with Crippen LogP contribution in [0.2, 0.25) is 5.02 Å². The molecule has 0 fully saturated rings. The molecule has 1 unspecified atom stereocenters. The standard InChI is InChI=1S/C22H20ClN3O3S/c1-26(11-17-12-30-13-24-17)10-14-4-2-6-16(8-14)25-21(27)19-9-15-5-3-7-18(23)20(15)22(28)29-19/h2-8,12-13,19H,9-11H2,1H3,(H,25,27). The van der Waals surface area contributed by atoms with E-state index in [4.69, 9.17) is 16.3 Å². The van der Waals surface area contributed by atoms with Gasteiger partial charge in [-0.15, -0.1) is 11.3 Å². The van der Waals surface area contributed by atoms with Gasteiger partial charge in [0.15, 0.2) is 6.10 Å². The Bertz CT molecular complexity index is 1070. The molecule has 0 bridgehead atoms. The van der Waals surface area contributed by atoms with Crippen LogP contribution in [-0.2, 0) is 29.0 Å². The lowest BCUT2D eigenvalue weighted by Gasteiger charge is -2.24. The molecule has 154 valence electrons. The van der Waals surface area contributed by atoms with Crippen molar-refractivity contribution in [1.29, 1.82) is 0 Å². The van der Waals surface area contributed by atoms with Crippen LogP contribution in [-0.4, -0.2) is 34.9 Å². The Morgan fingerprint density at radius 1 is 1.30 bits per heavy atom. The third-order valence-electron chi connectivity index (χ3n) is 4.81. The van der Waals surface area contributed by atoms with Crippen molar-refractivity contribution in [3.63, 3.8) is 0 Å². The number of benzene rings is 2. The number of hydrogen-bond donors (Lipinski definition) is 1. The molecule has 1 N–H and O–H groups in total. The Kier molecular flexibility index (Phi) is 6.13. The van der Waals surface area contributed by atoms with E-state index in [1.54, 1.807) is 29.5 Å². The summed E-state index contributed by atoms with van der Waals surface area (Å²) in [5.41, 5.74) is 5.64. The van der Waals surface area contributed by atoms with Crippen LogP contribution in [0.25, 0.3) is 0 Å². The molecule has 0 saturated heterocycles. The van der Waals surface area contributed by atoms with Gasteiger partial charge in [-0.2, -0.15) is 0 Å². The zero-order chi connectivity index (χ0) is 21.1. The van der Waals surface area contributed by atoms with Crippen LogP contribution in [0.3, 0.4) is 0 Å². The molecule has 1 aliphatic heterocycles. The number of carbonyl (C=O) groups is 2. The number of nitrogens with zero attached hydrogens (tertiary/aromatic N) is 2. The van der Waals surface area contributed by atoms with Crippen LogP contribution >= 0.6 is 22.9 Å². The highest BCUT2D eigenvalue weighted by molar-refractivity contribution is 7.07. The number of carbonyl (C=O) groups excluding carboxylic acids is 2. The second-order valence-electron chi connectivity index (χ2n) is 7.21. The van der Waals surface area contributed by atoms with Crippen molar-refractivity contribution in [2.24, 2.45) is 0 Å². The van der Waals surface area contributed by atoms with E-state index in [9.17, 15) is 9.59 Å². The van der Waals surface area contributed by atoms with Gasteiger partial charge in [0.25, 0.3) is 5.91 Å². The summed E-state index contributed by atoms with van der Waals surface area (Å²) in [4.78, 5) is 31.5. The van der Waals surface area contributed by atoms with E-state index in [0.717, 1.165) is 23.4 Å². The van der Waals surface area contributed by atoms with Crippen molar-refractivity contribution in [2.75, 3.05) is 12.4 Å². The third kappa shape index (κ3) is 4.70. The van der Waals surface area contributed by atoms with Gasteiger partial charge in [0.2, 0.25) is 0 Å². The van der Waals surface area contributed by atoms with Crippen molar-refractivity contribution >= 4 is 40.5 Å². The zero-order valence-electron chi connectivity index (χ0n) is 16.3. The first-order chi connectivity index (χ1) is 14.5. The Morgan fingerprint density at radius 2 is 2.13 bits per heavy atom. The second kappa shape index (κ2) is 8.95. The predicted molar refractivity (Wildman–Crippen MR) is 117 cm³/mol. The fraction of sp³-hybridized carbons (Fsp3) is 0.227. The SMILES string of the molecule is CN(Cc1cccc(NC(=O)C2Cc3cccc(Cl)c3C(=O)O2)c1)Cc1cscn1. The predicted octanol–water partition coefficient (Wildman–Crippen LogP) is 4.15. The first kappa shape index (κ1) is 20.5. The molecule has 8 heteroatoms. The maximum atomic E-state index is 12.7. The summed E-state index contributed by atoms with van der Waals surface area (Å²) < 4.78 is 5.33. The smallest absolute Gasteiger partial charge is 0.340 e. The summed E-state index contributed by atoms with van der Waals surface area (Å²) in [6.07, 6.45) is -0.594. The molecule has 4 rings (SSSR count). The quantitative estimate of drug-likeness (QED) is 0.582. The van der Waals surface area contributed by atoms with Crippen LogP contribution in [0, 0.1) is 0 Å². The van der Waals surface area contributed by atoms with Crippen LogP contribution in [0.15, 0.2) is 53.4 Å². The molecule has 1 amide bonds. The van der Waals surface area contributed by atoms with Gasteiger partial charge in [0, 0.05) is 30.6 Å². The molecule has 0 radical (unpaired) electrons. The maximum Gasteiger partial charge on any atom is 0.340 e. The van der Waals surface area contributed by atoms with E-state index in [1.165, 1.54) is 0 Å². The Hall–Kier alpha value is -2.74. The van der Waals surface area contributed by atoms with Gasteiger partial charge in [-0.3, -0.25) is 9.69 Å². The van der Waals surface area contributed by atoms with Crippen LogP contribution < -0.4 is 5.32 Å². The van der Waals surface area contributed by atoms with Gasteiger partial charge in [0.05, 0.1) is 21.8 Å². The summed E-state index contributed by atoms with van der Waals surface area (Å²) >= 11 is 7.67. The highest BCUT2D eigenvalue weighted by Gasteiger charge is 2.32. The maximum absolute atomic E-state index is 12.7. The van der Waals surface area contributed by atoms with Crippen molar-refractivity contribution in [1.82, 2.24) is 9.88 Å². The number of rotatable bonds is 6. The number of aromatic nitrogens is 1. The highest BCUT2D eigenvalue weighted by atomic mass is 35.5. The van der Waals surface area contributed by atoms with Crippen molar-refractivity contribution in [3.05, 3.63) is 80.8 Å². The number of halogens is 1. The first-order valence-corrected chi connectivity index (χ1v) is 10.8. The minimum atomic E-state index is -0.889. The molecular weight excluding hydrogens is 422 g/mol. The van der Waals surface area contributed by atoms with Crippen molar-refractivity contribution in [2.45, 2.75) is 25.6 Å². The van der Waals surface area contributed by atoms with Gasteiger partial charge in [-0.05, 0) is 36.4 Å². The molecule has 0 aliphatic carbocycles. The van der Waals surface area contributed by atoms with Gasteiger partial charge < -0.3 is 10.1 Å². The molecule has 30 heavy (non-hydrogen) atoms. The van der Waals surface area contributed by atoms with Gasteiger partial charge >= 0.3 is 5.97 Å². The number of amides is 1. The van der Waals surface area contributed by atoms with E-state index >= 15 is 0 Å². The van der Waals surface area contributed by atoms with Gasteiger partial charge in [-0.25, -0.2) is 9.78 Å². The van der Waals surface area contributed by atoms with Crippen molar-refractivity contribution in [3.8, 4) is 0 Å². The van der Waals surface area contributed by atoms with E-state index in [0.29, 0.717) is 29.2 Å². The van der Waals surface area contributed by atoms with E-state index < -0.39 is 12.1 Å². The molecule has 6 nitrogen and oxygen atoms in total. The molecule has 0 saturated carbocycles. The van der Waals surface area contributed by atoms with Crippen LogP contribution in [0.5, 0.6) is 0 Å². The monoisotopic (exact) mass is 441 g/mol. The minimum absolute atomic E-state index is 0.295. The summed E-state index contributed by atoms with van der Waals surface area (Å²) in [5, 5.41) is 5.23. The average Bonchev–Trinajstić information content (AvgIpc) is 3.20. The zero-order valence-corrected chi connectivity index (χ0v) is 17.9. The number of cyclic esters (lactones) is 1. The number of anilines is 1. The minimum Gasteiger partial charge on any atom is -0.448 e. The normalized spacial score (nSPS) is 15.6. The highest BCUT2D eigenvalue weighted by Crippen LogP contribution is 2.27. The topological polar surface area (TPSA) is 71.5 Å². The first-order valence-electron chi connectivity index (χ1n) is 9.43. The molecule has 1 aliphatic rings. The lowest BCUT2D eigenvalue weighted by Crippen LogP contribution is -2.38. The van der Waals surface area contributed by atoms with Crippen LogP contribution in [0.1, 0.15) is 27.2 Å². The Morgan fingerprint density at radius 3 is 2.93 bits per heavy atom. The molecule has 2 aromatic carbocycles. The Balaban J connectivity index is 1.40. The van der Waals surface area contributed by atoms with Gasteiger partial charge in [0.1, 0.15) is 0 Å². The van der Waals surface area contributed by atoms with Gasteiger partial charge in [-0.1, -0.05) is 35.9 Å². The Labute approximate surface area is 183 Å². The molecule has 1 aromatic heterocycles. The number of hydrogen-bond acceptors (Lipinski definition) is 6. The van der Waals surface area contributed by atoms with E-state index in [2.05, 4.69) is 15.2 Å². The average molecular weight is 442 g/mol. The lowest BCUT2D eigenvalue weighted by molar-refractivity contribution is -0.125. The second-order valence-corrected chi connectivity index (χ2v) is 8.34. The molecular formula is C22H20ClN3O3S. The molecule has 2 heterocycles. The number of esters is 1. The fourth-order valence-corrected chi connectivity index (χ4v) is 4.29. The largest absolute Gasteiger partial charge is 0.448 e. The van der Waals surface area contributed by atoms with Crippen LogP contribution in [0.4, 0.5) is 5.69 Å². The fourth-order valence-electron chi connectivity index (χ4n) is 3.47. The summed E-state index contributed by atoms with van der Waals surface area (Å²) in [5.74, 6) is -0.929.